The average Bonchev–Trinajstić information content (AvgIpc) is 3.66. The van der Waals surface area contributed by atoms with Crippen LogP contribution in [0.5, 0.6) is 11.5 Å². The number of amides is 1. The summed E-state index contributed by atoms with van der Waals surface area (Å²) < 4.78 is 41.3. The third-order valence-corrected chi connectivity index (χ3v) is 9.51. The van der Waals surface area contributed by atoms with Crippen molar-refractivity contribution in [2.24, 2.45) is 0 Å². The second-order valence-electron chi connectivity index (χ2n) is 9.55. The summed E-state index contributed by atoms with van der Waals surface area (Å²) in [4.78, 5) is 13.1. The van der Waals surface area contributed by atoms with Crippen LogP contribution in [0.15, 0.2) is 119 Å². The van der Waals surface area contributed by atoms with E-state index in [-0.39, 0.29) is 16.6 Å². The Labute approximate surface area is 258 Å². The summed E-state index contributed by atoms with van der Waals surface area (Å²) in [5, 5.41) is 13.0. The number of hydrogen-bond acceptors (Lipinski definition) is 8. The summed E-state index contributed by atoms with van der Waals surface area (Å²) in [7, 11) is -0.787. The number of hydrogen-bond donors (Lipinski definition) is 1. The minimum Gasteiger partial charge on any atom is -0.497 e. The Morgan fingerprint density at radius 2 is 1.55 bits per heavy atom. The maximum Gasteiger partial charge on any atom is 0.268 e. The molecule has 0 bridgehead atoms. The Morgan fingerprint density at radius 3 is 2.30 bits per heavy atom. The Hall–Kier alpha value is -5.07. The Bertz CT molecular complexity index is 2060. The van der Waals surface area contributed by atoms with Gasteiger partial charge in [-0.25, -0.2) is 12.4 Å². The molecule has 6 rings (SSSR count). The van der Waals surface area contributed by atoms with Crippen molar-refractivity contribution in [1.29, 1.82) is 0 Å². The van der Waals surface area contributed by atoms with Gasteiger partial charge in [0.15, 0.2) is 11.0 Å². The lowest BCUT2D eigenvalue weighted by atomic mass is 10.1. The standard InChI is InChI=1S/C32H27N5O5S2/c1-41-23-18-16-22(17-19-23)37-31(34-35-32(37)43-21-30(38)33-27-13-7-9-15-29(27)42-2)26-20-36(28-14-8-6-12-25(26)28)44(39,40)24-10-4-3-5-11-24/h3-20H,21H2,1-2H3,(H,33,38). The predicted molar refractivity (Wildman–Crippen MR) is 170 cm³/mol. The van der Waals surface area contributed by atoms with Gasteiger partial charge in [0.1, 0.15) is 11.5 Å². The topological polar surface area (TPSA) is 117 Å². The molecule has 1 N–H and O–H groups in total. The van der Waals surface area contributed by atoms with Gasteiger partial charge in [-0.2, -0.15) is 0 Å². The molecule has 0 aliphatic heterocycles. The molecule has 1 amide bonds. The minimum absolute atomic E-state index is 0.0382. The van der Waals surface area contributed by atoms with E-state index in [4.69, 9.17) is 9.47 Å². The largest absolute Gasteiger partial charge is 0.497 e. The molecule has 0 aliphatic rings. The fraction of sp³-hybridized carbons (Fsp3) is 0.0938. The van der Waals surface area contributed by atoms with Crippen LogP contribution in [-0.2, 0) is 14.8 Å². The Balaban J connectivity index is 1.42. The molecule has 2 aromatic heterocycles. The molecule has 44 heavy (non-hydrogen) atoms. The lowest BCUT2D eigenvalue weighted by molar-refractivity contribution is -0.113. The van der Waals surface area contributed by atoms with Gasteiger partial charge in [-0.05, 0) is 54.6 Å². The number of fused-ring (bicyclic) bond motifs is 1. The first-order valence-electron chi connectivity index (χ1n) is 13.5. The first kappa shape index (κ1) is 29.0. The number of ether oxygens (including phenoxy) is 2. The van der Waals surface area contributed by atoms with E-state index in [1.807, 2.05) is 53.1 Å². The summed E-state index contributed by atoms with van der Waals surface area (Å²) in [5.74, 6) is 1.42. The fourth-order valence-corrected chi connectivity index (χ4v) is 6.94. The number of aromatic nitrogens is 4. The average molecular weight is 626 g/mol. The lowest BCUT2D eigenvalue weighted by Crippen LogP contribution is -2.15. The van der Waals surface area contributed by atoms with Crippen LogP contribution < -0.4 is 14.8 Å². The van der Waals surface area contributed by atoms with E-state index in [0.29, 0.717) is 50.3 Å². The molecule has 0 saturated heterocycles. The molecule has 4 aromatic carbocycles. The van der Waals surface area contributed by atoms with Crippen LogP contribution in [0.1, 0.15) is 0 Å². The number of thioether (sulfide) groups is 1. The molecule has 0 atom stereocenters. The van der Waals surface area contributed by atoms with Crippen molar-refractivity contribution < 1.29 is 22.7 Å². The number of carbonyl (C=O) groups excluding carboxylic acids is 1. The van der Waals surface area contributed by atoms with Gasteiger partial charge >= 0.3 is 0 Å². The fourth-order valence-electron chi connectivity index (χ4n) is 4.80. The van der Waals surface area contributed by atoms with E-state index in [9.17, 15) is 13.2 Å². The van der Waals surface area contributed by atoms with E-state index >= 15 is 0 Å². The molecule has 0 unspecified atom stereocenters. The van der Waals surface area contributed by atoms with Crippen LogP contribution in [0.2, 0.25) is 0 Å². The molecule has 6 aromatic rings. The SMILES string of the molecule is COc1ccc(-n2c(SCC(=O)Nc3ccccc3OC)nnc2-c2cn(S(=O)(=O)c3ccccc3)c3ccccc23)cc1. The van der Waals surface area contributed by atoms with Crippen LogP contribution >= 0.6 is 11.8 Å². The number of para-hydroxylation sites is 3. The Kier molecular flexibility index (Phi) is 8.09. The number of nitrogens with zero attached hydrogens (tertiary/aromatic N) is 4. The highest BCUT2D eigenvalue weighted by atomic mass is 32.2. The highest BCUT2D eigenvalue weighted by Crippen LogP contribution is 2.36. The zero-order chi connectivity index (χ0) is 30.7. The zero-order valence-electron chi connectivity index (χ0n) is 23.7. The van der Waals surface area contributed by atoms with E-state index in [0.717, 1.165) is 0 Å². The van der Waals surface area contributed by atoms with Crippen molar-refractivity contribution >= 4 is 44.3 Å². The first-order valence-corrected chi connectivity index (χ1v) is 15.9. The van der Waals surface area contributed by atoms with Crippen molar-refractivity contribution in [3.05, 3.63) is 109 Å². The Morgan fingerprint density at radius 1 is 0.841 bits per heavy atom. The number of anilines is 1. The van der Waals surface area contributed by atoms with Gasteiger partial charge in [0.2, 0.25) is 5.91 Å². The number of nitrogens with one attached hydrogen (secondary N) is 1. The van der Waals surface area contributed by atoms with Crippen LogP contribution in [0, 0.1) is 0 Å². The molecule has 12 heteroatoms. The van der Waals surface area contributed by atoms with Gasteiger partial charge in [0, 0.05) is 22.8 Å². The first-order chi connectivity index (χ1) is 21.4. The van der Waals surface area contributed by atoms with Gasteiger partial charge in [-0.1, -0.05) is 60.3 Å². The monoisotopic (exact) mass is 625 g/mol. The maximum absolute atomic E-state index is 13.7. The van der Waals surface area contributed by atoms with E-state index in [2.05, 4.69) is 15.5 Å². The normalized spacial score (nSPS) is 11.4. The zero-order valence-corrected chi connectivity index (χ0v) is 25.4. The van der Waals surface area contributed by atoms with Crippen molar-refractivity contribution in [3.63, 3.8) is 0 Å². The molecule has 2 heterocycles. The second kappa shape index (κ2) is 12.3. The minimum atomic E-state index is -3.92. The smallest absolute Gasteiger partial charge is 0.268 e. The van der Waals surface area contributed by atoms with E-state index in [1.54, 1.807) is 75.0 Å². The van der Waals surface area contributed by atoms with Gasteiger partial charge in [0.05, 0.1) is 36.1 Å². The van der Waals surface area contributed by atoms with Crippen LogP contribution in [0.4, 0.5) is 5.69 Å². The van der Waals surface area contributed by atoms with Crippen LogP contribution in [-0.4, -0.2) is 53.0 Å². The summed E-state index contributed by atoms with van der Waals surface area (Å²) >= 11 is 1.20. The van der Waals surface area contributed by atoms with Gasteiger partial charge in [-0.15, -0.1) is 10.2 Å². The van der Waals surface area contributed by atoms with Gasteiger partial charge in [0.25, 0.3) is 10.0 Å². The van der Waals surface area contributed by atoms with Crippen LogP contribution in [0.3, 0.4) is 0 Å². The molecule has 0 saturated carbocycles. The number of methoxy groups -OCH3 is 2. The molecule has 222 valence electrons. The summed E-state index contributed by atoms with van der Waals surface area (Å²) in [5.41, 5.74) is 2.33. The molecular formula is C32H27N5O5S2. The quantitative estimate of drug-likeness (QED) is 0.188. The number of rotatable bonds is 10. The molecule has 0 spiro atoms. The summed E-state index contributed by atoms with van der Waals surface area (Å²) in [6, 6.07) is 30.0. The summed E-state index contributed by atoms with van der Waals surface area (Å²) in [6.45, 7) is 0. The van der Waals surface area contributed by atoms with E-state index in [1.165, 1.54) is 15.7 Å². The van der Waals surface area contributed by atoms with Crippen molar-refractivity contribution in [3.8, 4) is 28.6 Å². The molecular weight excluding hydrogens is 599 g/mol. The van der Waals surface area contributed by atoms with Crippen molar-refractivity contribution in [2.45, 2.75) is 10.1 Å². The van der Waals surface area contributed by atoms with Crippen LogP contribution in [0.25, 0.3) is 28.0 Å². The van der Waals surface area contributed by atoms with Crippen molar-refractivity contribution in [1.82, 2.24) is 18.7 Å². The highest BCUT2D eigenvalue weighted by molar-refractivity contribution is 7.99. The third-order valence-electron chi connectivity index (χ3n) is 6.90. The van der Waals surface area contributed by atoms with Gasteiger partial charge in [-0.3, -0.25) is 9.36 Å². The van der Waals surface area contributed by atoms with Crippen molar-refractivity contribution in [2.75, 3.05) is 25.3 Å². The second-order valence-corrected chi connectivity index (χ2v) is 12.3. The number of carbonyl (C=O) groups is 1. The molecule has 10 nitrogen and oxygen atoms in total. The summed E-state index contributed by atoms with van der Waals surface area (Å²) in [6.07, 6.45) is 1.57. The number of benzene rings is 4. The molecule has 0 fully saturated rings. The van der Waals surface area contributed by atoms with Gasteiger partial charge < -0.3 is 14.8 Å². The molecule has 0 radical (unpaired) electrons. The van der Waals surface area contributed by atoms with E-state index < -0.39 is 10.0 Å². The lowest BCUT2D eigenvalue weighted by Gasteiger charge is -2.12. The predicted octanol–water partition coefficient (Wildman–Crippen LogP) is 5.87. The maximum atomic E-state index is 13.7. The highest BCUT2D eigenvalue weighted by Gasteiger charge is 2.25. The third kappa shape index (κ3) is 5.52. The molecule has 0 aliphatic carbocycles.